The summed E-state index contributed by atoms with van der Waals surface area (Å²) in [5, 5.41) is 77.1. The van der Waals surface area contributed by atoms with E-state index in [0.29, 0.717) is 0 Å². The van der Waals surface area contributed by atoms with Gasteiger partial charge in [-0.05, 0) is 107 Å². The van der Waals surface area contributed by atoms with Crippen LogP contribution in [0.2, 0.25) is 0 Å². The van der Waals surface area contributed by atoms with Crippen molar-refractivity contribution < 1.29 is 134 Å². The Labute approximate surface area is 756 Å². The molecule has 0 aliphatic rings. The number of hydrogen-bond acceptors (Lipinski definition) is 34. The minimum Gasteiger partial charge on any atom is -0.459 e. The van der Waals surface area contributed by atoms with Gasteiger partial charge in [-0.2, -0.15) is 0 Å². The van der Waals surface area contributed by atoms with E-state index in [1.54, 1.807) is 92.9 Å². The van der Waals surface area contributed by atoms with Gasteiger partial charge in [-0.25, -0.2) is 19.2 Å². The third-order valence-corrected chi connectivity index (χ3v) is 17.0. The summed E-state index contributed by atoms with van der Waals surface area (Å²) < 4.78 is 41.9. The summed E-state index contributed by atoms with van der Waals surface area (Å²) in [7, 11) is 0. The molecule has 12 amide bonds. The van der Waals surface area contributed by atoms with Gasteiger partial charge in [0.15, 0.2) is 0 Å². The van der Waals surface area contributed by atoms with Crippen molar-refractivity contribution in [1.82, 2.24) is 73.6 Å². The van der Waals surface area contributed by atoms with Crippen molar-refractivity contribution >= 4 is 118 Å². The molecule has 50 heteroatoms. The van der Waals surface area contributed by atoms with Crippen molar-refractivity contribution in [3.05, 3.63) is 160 Å². The summed E-state index contributed by atoms with van der Waals surface area (Å²) in [5.41, 5.74) is -7.78. The average molecular weight is 1860 g/mol. The molecule has 0 fully saturated rings. The number of carbonyl (C=O) groups excluding carboxylic acids is 16. The zero-order valence-electron chi connectivity index (χ0n) is 74.9. The fourth-order valence-electron chi connectivity index (χ4n) is 11.5. The summed E-state index contributed by atoms with van der Waals surface area (Å²) in [6.45, 7) is 12.3. The Kier molecular flexibility index (Phi) is 44.6. The quantitative estimate of drug-likeness (QED) is 0.00994. The first-order chi connectivity index (χ1) is 61.9. The molecule has 12 N–H and O–H groups in total. The molecule has 722 valence electrons. The molecule has 0 aliphatic carbocycles. The van der Waals surface area contributed by atoms with Crippen LogP contribution in [0.4, 0.5) is 41.9 Å². The Morgan fingerprint density at radius 2 is 0.447 bits per heavy atom. The number of ether oxygens (including phenoxy) is 8. The topological polar surface area (TPSA) is 670 Å². The smallest absolute Gasteiger partial charge is 0.408 e. The fraction of sp³-hybridized carbons (Fsp3) is 0.512. The van der Waals surface area contributed by atoms with E-state index >= 15 is 0 Å². The Bertz CT molecular complexity index is 4180. The summed E-state index contributed by atoms with van der Waals surface area (Å²) in [6.07, 6.45) is -14.8. The molecule has 0 aliphatic heterocycles. The number of amides is 12. The second-order valence-corrected chi connectivity index (χ2v) is 32.4. The monoisotopic (exact) mass is 1860 g/mol. The molecule has 50 nitrogen and oxygen atoms in total. The number of nitro benzene ring substituents is 4. The Morgan fingerprint density at radius 3 is 0.621 bits per heavy atom. The summed E-state index contributed by atoms with van der Waals surface area (Å²) in [6, 6.07) is 19.3. The normalized spacial score (nSPS) is 12.1. The molecule has 0 saturated carbocycles. The molecule has 132 heavy (non-hydrogen) atoms. The van der Waals surface area contributed by atoms with Crippen molar-refractivity contribution in [3.63, 3.8) is 0 Å². The first-order valence-electron chi connectivity index (χ1n) is 41.1. The van der Waals surface area contributed by atoms with Crippen molar-refractivity contribution in [3.8, 4) is 0 Å². The van der Waals surface area contributed by atoms with Crippen LogP contribution in [0.15, 0.2) is 97.1 Å². The van der Waals surface area contributed by atoms with E-state index in [0.717, 1.165) is 48.5 Å². The third-order valence-electron chi connectivity index (χ3n) is 17.0. The van der Waals surface area contributed by atoms with Crippen LogP contribution in [-0.2, 0) is 95.4 Å². The minimum absolute atomic E-state index is 0.0750. The molecule has 4 rings (SSSR count). The highest BCUT2D eigenvalue weighted by molar-refractivity contribution is 5.90. The van der Waals surface area contributed by atoms with Gasteiger partial charge in [0.25, 0.3) is 46.4 Å². The van der Waals surface area contributed by atoms with Crippen LogP contribution >= 0.6 is 0 Å². The molecule has 0 heterocycles. The van der Waals surface area contributed by atoms with Gasteiger partial charge in [0.2, 0.25) is 48.0 Å². The summed E-state index contributed by atoms with van der Waals surface area (Å²) in [4.78, 5) is 260. The second kappa shape index (κ2) is 53.8. The van der Waals surface area contributed by atoms with E-state index in [1.165, 1.54) is 48.5 Å². The summed E-state index contributed by atoms with van der Waals surface area (Å²) >= 11 is 0. The van der Waals surface area contributed by atoms with Crippen molar-refractivity contribution in [2.45, 2.75) is 156 Å². The molecule has 0 spiro atoms. The van der Waals surface area contributed by atoms with Gasteiger partial charge in [-0.1, -0.05) is 48.5 Å². The lowest BCUT2D eigenvalue weighted by molar-refractivity contribution is -0.386. The van der Waals surface area contributed by atoms with Crippen LogP contribution in [0.5, 0.6) is 0 Å². The number of nitro groups is 4. The van der Waals surface area contributed by atoms with E-state index < -0.39 is 211 Å². The molecular formula is C82H112N18O32. The fourth-order valence-corrected chi connectivity index (χ4v) is 11.5. The highest BCUT2D eigenvalue weighted by atomic mass is 16.7. The van der Waals surface area contributed by atoms with E-state index in [-0.39, 0.29) is 140 Å². The lowest BCUT2D eigenvalue weighted by atomic mass is 10.1. The second-order valence-electron chi connectivity index (χ2n) is 32.4. The lowest BCUT2D eigenvalue weighted by Crippen LogP contribution is -2.43. The highest BCUT2D eigenvalue weighted by Crippen LogP contribution is 2.32. The SMILES string of the molecule is CC(C)(C)OC(=O)CNC(=O)OC(C(=O)NCCNC(=O)CCN(CCC(=O)NCCNC(=O)C(OC(=O)NCC(=O)OC(C)(C)C)c1ccccc1[N+](=O)[O-])CCN(CCC(=O)NCCNC(=O)C(OC(=O)NCC(=O)OC(C)(C)C)c1ccccc1[N+](=O)[O-])CCC(=O)NCCNC(=O)C(OC(=O)NCC(=O)OC(C)(C)C)c1ccccc1[N+](=O)[O-])c1ccccc1[N+](=O)[O-]. The van der Waals surface area contributed by atoms with Gasteiger partial charge in [0.1, 0.15) is 48.6 Å². The molecule has 0 bridgehead atoms. The Hall–Kier alpha value is -14.9. The number of nitrogens with one attached hydrogen (secondary N) is 12. The molecule has 0 radical (unpaired) electrons. The van der Waals surface area contributed by atoms with Gasteiger partial charge in [-0.15, -0.1) is 0 Å². The molecular weight excluding hydrogens is 1750 g/mol. The number of rotatable bonds is 51. The Balaban J connectivity index is 1.62. The van der Waals surface area contributed by atoms with E-state index in [1.807, 2.05) is 0 Å². The largest absolute Gasteiger partial charge is 0.459 e. The van der Waals surface area contributed by atoms with Crippen LogP contribution < -0.4 is 63.8 Å². The number of para-hydroxylation sites is 4. The number of benzene rings is 4. The maximum absolute atomic E-state index is 13.8. The number of nitrogens with zero attached hydrogens (tertiary/aromatic N) is 6. The number of hydrogen-bond donors (Lipinski definition) is 12. The van der Waals surface area contributed by atoms with Gasteiger partial charge < -0.3 is 111 Å². The summed E-state index contributed by atoms with van der Waals surface area (Å²) in [5.74, 6) is -10.6. The predicted octanol–water partition coefficient (Wildman–Crippen LogP) is 2.95. The van der Waals surface area contributed by atoms with Crippen LogP contribution in [0.3, 0.4) is 0 Å². The number of alkyl carbamates (subject to hydrolysis) is 4. The molecule has 4 unspecified atom stereocenters. The van der Waals surface area contributed by atoms with Gasteiger partial charge in [-0.3, -0.25) is 98.0 Å². The maximum atomic E-state index is 13.8. The molecule has 4 aromatic rings. The number of carbonyl (C=O) groups is 16. The Morgan fingerprint density at radius 1 is 0.273 bits per heavy atom. The molecule has 0 aromatic heterocycles. The van der Waals surface area contributed by atoms with Crippen LogP contribution in [0.1, 0.15) is 155 Å². The molecule has 4 aromatic carbocycles. The first-order valence-corrected chi connectivity index (χ1v) is 41.1. The minimum atomic E-state index is -1.99. The maximum Gasteiger partial charge on any atom is 0.408 e. The predicted molar refractivity (Wildman–Crippen MR) is 460 cm³/mol. The third kappa shape index (κ3) is 43.3. The van der Waals surface area contributed by atoms with E-state index in [4.69, 9.17) is 37.9 Å². The van der Waals surface area contributed by atoms with Crippen molar-refractivity contribution in [2.24, 2.45) is 0 Å². The molecule has 4 atom stereocenters. The van der Waals surface area contributed by atoms with Gasteiger partial charge in [0.05, 0.1) is 41.9 Å². The number of esters is 4. The lowest BCUT2D eigenvalue weighted by Gasteiger charge is -2.27. The standard InChI is InChI=1S/C82H112N18O32/c1-79(2,3)129-63(105)47-91-75(113)125-67(51-21-13-17-25-55(51)97(117)118)71(109)87-37-33-83-59(101)29-41-95(42-30-60(102)84-34-38-88-72(110)68(52-22-14-18-26-56(52)98(119)120)126-76(114)92-48-64(106)130-80(4,5)6)45-46-96(43-31-61(103)85-35-39-89-73(111)69(53-23-15-19-27-57(53)99(121)122)127-77(115)93-49-65(107)131-81(7,8)9)44-32-62(104)86-36-40-90-74(112)70(54-24-16-20-28-58(54)100(123)124)128-78(116)94-50-66(108)132-82(10,11)12/h13-28,67-70H,29-50H2,1-12H3,(H,83,101)(H,84,102)(H,85,103)(H,86,104)(H,87,109)(H,88,110)(H,89,111)(H,90,112)(H,91,113)(H,92,114)(H,93,115)(H,94,116). The zero-order chi connectivity index (χ0) is 98.6. The van der Waals surface area contributed by atoms with Gasteiger partial charge in [0, 0.05) is 142 Å². The zero-order valence-corrected chi connectivity index (χ0v) is 74.9. The van der Waals surface area contributed by atoms with E-state index in [9.17, 15) is 117 Å². The van der Waals surface area contributed by atoms with Gasteiger partial charge >= 0.3 is 48.3 Å². The average Bonchev–Trinajstić information content (AvgIpc) is 0.835. The van der Waals surface area contributed by atoms with Crippen LogP contribution in [-0.4, -0.2) is 265 Å². The van der Waals surface area contributed by atoms with E-state index in [2.05, 4.69) is 63.8 Å². The van der Waals surface area contributed by atoms with Crippen molar-refractivity contribution in [1.29, 1.82) is 0 Å². The molecule has 0 saturated heterocycles. The van der Waals surface area contributed by atoms with Crippen LogP contribution in [0.25, 0.3) is 0 Å². The first kappa shape index (κ1) is 109. The van der Waals surface area contributed by atoms with Crippen molar-refractivity contribution in [2.75, 3.05) is 118 Å². The van der Waals surface area contributed by atoms with Crippen LogP contribution in [0, 0.1) is 40.5 Å². The highest BCUT2D eigenvalue weighted by Gasteiger charge is 2.37.